The van der Waals surface area contributed by atoms with Crippen molar-refractivity contribution in [3.8, 4) is 11.4 Å². The summed E-state index contributed by atoms with van der Waals surface area (Å²) in [5, 5.41) is 0. The van der Waals surface area contributed by atoms with Gasteiger partial charge in [0, 0.05) is 17.5 Å². The van der Waals surface area contributed by atoms with Gasteiger partial charge in [0.15, 0.2) is 5.82 Å². The highest BCUT2D eigenvalue weighted by molar-refractivity contribution is 5.55. The molecule has 0 spiro atoms. The molecule has 128 valence electrons. The Morgan fingerprint density at radius 1 is 1.04 bits per heavy atom. The van der Waals surface area contributed by atoms with Crippen molar-refractivity contribution in [2.24, 2.45) is 5.92 Å². The summed E-state index contributed by atoms with van der Waals surface area (Å²) in [6.07, 6.45) is 14.0. The number of fused-ring (bicyclic) bond motifs is 1. The van der Waals surface area contributed by atoms with Gasteiger partial charge in [-0.3, -0.25) is 0 Å². The van der Waals surface area contributed by atoms with E-state index in [0.717, 1.165) is 23.7 Å². The van der Waals surface area contributed by atoms with Crippen LogP contribution in [0.3, 0.4) is 0 Å². The smallest absolute Gasteiger partial charge is 0.159 e. The second-order valence-electron chi connectivity index (χ2n) is 7.34. The van der Waals surface area contributed by atoms with Crippen molar-refractivity contribution in [1.82, 2.24) is 9.97 Å². The summed E-state index contributed by atoms with van der Waals surface area (Å²) in [7, 11) is 0. The van der Waals surface area contributed by atoms with E-state index in [1.54, 1.807) is 0 Å². The third-order valence-corrected chi connectivity index (χ3v) is 5.28. The molecule has 2 aromatic rings. The van der Waals surface area contributed by atoms with Gasteiger partial charge >= 0.3 is 0 Å². The van der Waals surface area contributed by atoms with Crippen LogP contribution in [0.25, 0.3) is 11.4 Å². The maximum atomic E-state index is 4.86. The maximum absolute atomic E-state index is 4.86. The van der Waals surface area contributed by atoms with E-state index in [9.17, 15) is 0 Å². The molecule has 2 nitrogen and oxygen atoms in total. The van der Waals surface area contributed by atoms with Gasteiger partial charge in [0.2, 0.25) is 0 Å². The van der Waals surface area contributed by atoms with Crippen LogP contribution in [0.1, 0.15) is 68.7 Å². The molecule has 1 heterocycles. The molecule has 1 atom stereocenters. The van der Waals surface area contributed by atoms with Gasteiger partial charge in [-0.2, -0.15) is 0 Å². The van der Waals surface area contributed by atoms with E-state index in [1.165, 1.54) is 68.2 Å². The van der Waals surface area contributed by atoms with Crippen LogP contribution in [0.2, 0.25) is 0 Å². The molecule has 0 amide bonds. The van der Waals surface area contributed by atoms with E-state index in [1.807, 2.05) is 0 Å². The topological polar surface area (TPSA) is 25.8 Å². The molecule has 0 aliphatic heterocycles. The number of benzene rings is 1. The zero-order valence-corrected chi connectivity index (χ0v) is 15.2. The van der Waals surface area contributed by atoms with E-state index in [-0.39, 0.29) is 0 Å². The van der Waals surface area contributed by atoms with Gasteiger partial charge in [-0.25, -0.2) is 9.97 Å². The van der Waals surface area contributed by atoms with Gasteiger partial charge in [-0.1, -0.05) is 75.3 Å². The lowest BCUT2D eigenvalue weighted by Crippen LogP contribution is -2.16. The minimum atomic E-state index is 0.841. The molecule has 0 fully saturated rings. The fraction of sp³-hybridized carbons (Fsp3) is 0.545. The van der Waals surface area contributed by atoms with Gasteiger partial charge in [0.25, 0.3) is 0 Å². The van der Waals surface area contributed by atoms with Crippen molar-refractivity contribution < 1.29 is 0 Å². The van der Waals surface area contributed by atoms with Gasteiger partial charge in [0.05, 0.1) is 0 Å². The highest BCUT2D eigenvalue weighted by Crippen LogP contribution is 2.29. The van der Waals surface area contributed by atoms with Gasteiger partial charge in [0.1, 0.15) is 0 Å². The van der Waals surface area contributed by atoms with Gasteiger partial charge in [-0.15, -0.1) is 0 Å². The number of nitrogens with zero attached hydrogens (tertiary/aromatic N) is 2. The number of aromatic nitrogens is 2. The summed E-state index contributed by atoms with van der Waals surface area (Å²) in [6.45, 7) is 4.39. The molecule has 0 saturated heterocycles. The molecule has 1 aliphatic rings. The van der Waals surface area contributed by atoms with Crippen LogP contribution in [0.4, 0.5) is 0 Å². The molecule has 1 aromatic heterocycles. The number of hydrogen-bond acceptors (Lipinski definition) is 2. The number of rotatable bonds is 7. The van der Waals surface area contributed by atoms with Crippen LogP contribution >= 0.6 is 0 Å². The van der Waals surface area contributed by atoms with Crippen LogP contribution in [0, 0.1) is 12.8 Å². The minimum Gasteiger partial charge on any atom is -0.236 e. The zero-order valence-electron chi connectivity index (χ0n) is 15.2. The van der Waals surface area contributed by atoms with Crippen molar-refractivity contribution in [3.05, 3.63) is 47.3 Å². The van der Waals surface area contributed by atoms with Crippen LogP contribution in [-0.2, 0) is 12.8 Å². The largest absolute Gasteiger partial charge is 0.236 e. The molecule has 1 aromatic carbocycles. The number of hydrogen-bond donors (Lipinski definition) is 0. The summed E-state index contributed by atoms with van der Waals surface area (Å²) < 4.78 is 0. The van der Waals surface area contributed by atoms with Crippen LogP contribution in [0.5, 0.6) is 0 Å². The number of unbranched alkanes of at least 4 members (excludes halogenated alkanes) is 4. The summed E-state index contributed by atoms with van der Waals surface area (Å²) in [5.74, 6) is 1.72. The first-order chi connectivity index (χ1) is 11.8. The summed E-state index contributed by atoms with van der Waals surface area (Å²) in [4.78, 5) is 9.49. The SMILES string of the molecule is CCCCCCCC1CCc2nc(-c3ccc(C)cc3)ncc2C1. The van der Waals surface area contributed by atoms with Crippen molar-refractivity contribution in [1.29, 1.82) is 0 Å². The Hall–Kier alpha value is -1.70. The molecular weight excluding hydrogens is 292 g/mol. The van der Waals surface area contributed by atoms with Crippen molar-refractivity contribution in [2.45, 2.75) is 71.6 Å². The third kappa shape index (κ3) is 4.43. The Bertz CT molecular complexity index is 646. The fourth-order valence-electron chi connectivity index (χ4n) is 3.71. The van der Waals surface area contributed by atoms with Crippen LogP contribution in [-0.4, -0.2) is 9.97 Å². The average molecular weight is 322 g/mol. The monoisotopic (exact) mass is 322 g/mol. The third-order valence-electron chi connectivity index (χ3n) is 5.28. The molecule has 0 bridgehead atoms. The second-order valence-corrected chi connectivity index (χ2v) is 7.34. The highest BCUT2D eigenvalue weighted by atomic mass is 14.9. The Balaban J connectivity index is 1.59. The minimum absolute atomic E-state index is 0.841. The van der Waals surface area contributed by atoms with E-state index in [4.69, 9.17) is 4.98 Å². The van der Waals surface area contributed by atoms with E-state index in [2.05, 4.69) is 49.3 Å². The van der Waals surface area contributed by atoms with E-state index < -0.39 is 0 Å². The van der Waals surface area contributed by atoms with Crippen molar-refractivity contribution in [2.75, 3.05) is 0 Å². The number of aryl methyl sites for hydroxylation is 2. The lowest BCUT2D eigenvalue weighted by Gasteiger charge is -2.24. The Morgan fingerprint density at radius 3 is 2.62 bits per heavy atom. The van der Waals surface area contributed by atoms with Crippen molar-refractivity contribution in [3.63, 3.8) is 0 Å². The average Bonchev–Trinajstić information content (AvgIpc) is 2.62. The molecule has 2 heteroatoms. The zero-order chi connectivity index (χ0) is 16.8. The normalized spacial score (nSPS) is 16.8. The Kier molecular flexibility index (Phi) is 6.01. The summed E-state index contributed by atoms with van der Waals surface area (Å²) >= 11 is 0. The first-order valence-corrected chi connectivity index (χ1v) is 9.68. The van der Waals surface area contributed by atoms with E-state index >= 15 is 0 Å². The standard InChI is InChI=1S/C22H30N2/c1-3-4-5-6-7-8-18-11-14-21-20(15-18)16-23-22(24-21)19-12-9-17(2)10-13-19/h9-10,12-13,16,18H,3-8,11,14-15H2,1-2H3. The van der Waals surface area contributed by atoms with Crippen LogP contribution < -0.4 is 0 Å². The molecule has 0 N–H and O–H groups in total. The van der Waals surface area contributed by atoms with Crippen molar-refractivity contribution >= 4 is 0 Å². The predicted octanol–water partition coefficient (Wildman–Crippen LogP) is 5.92. The molecule has 0 saturated carbocycles. The second kappa shape index (κ2) is 8.41. The van der Waals surface area contributed by atoms with E-state index in [0.29, 0.717) is 0 Å². The molecule has 24 heavy (non-hydrogen) atoms. The highest BCUT2D eigenvalue weighted by Gasteiger charge is 2.20. The lowest BCUT2D eigenvalue weighted by atomic mass is 9.84. The first kappa shape index (κ1) is 17.1. The van der Waals surface area contributed by atoms with Gasteiger partial charge in [-0.05, 0) is 37.7 Å². The quantitative estimate of drug-likeness (QED) is 0.591. The molecule has 0 radical (unpaired) electrons. The molecule has 3 rings (SSSR count). The molecule has 1 unspecified atom stereocenters. The van der Waals surface area contributed by atoms with Crippen LogP contribution in [0.15, 0.2) is 30.5 Å². The first-order valence-electron chi connectivity index (χ1n) is 9.68. The Labute approximate surface area is 146 Å². The maximum Gasteiger partial charge on any atom is 0.159 e. The lowest BCUT2D eigenvalue weighted by molar-refractivity contribution is 0.400. The summed E-state index contributed by atoms with van der Waals surface area (Å²) in [6, 6.07) is 8.51. The molecule has 1 aliphatic carbocycles. The fourth-order valence-corrected chi connectivity index (χ4v) is 3.71. The molecular formula is C22H30N2. The Morgan fingerprint density at radius 2 is 1.83 bits per heavy atom. The summed E-state index contributed by atoms with van der Waals surface area (Å²) in [5.41, 5.74) is 5.07. The van der Waals surface area contributed by atoms with Gasteiger partial charge < -0.3 is 0 Å². The predicted molar refractivity (Wildman–Crippen MR) is 101 cm³/mol.